The number of hydrogen-bond acceptors (Lipinski definition) is 2. The van der Waals surface area contributed by atoms with E-state index >= 15 is 0 Å². The molecule has 90 valence electrons. The number of rotatable bonds is 5. The van der Waals surface area contributed by atoms with Crippen molar-refractivity contribution in [2.75, 3.05) is 7.05 Å². The number of nitrogens with one attached hydrogen (secondary N) is 1. The predicted octanol–water partition coefficient (Wildman–Crippen LogP) is 3.95. The molecule has 0 aliphatic heterocycles. The van der Waals surface area contributed by atoms with E-state index in [9.17, 15) is 0 Å². The molecule has 0 amide bonds. The van der Waals surface area contributed by atoms with Gasteiger partial charge in [0.25, 0.3) is 0 Å². The zero-order valence-electron chi connectivity index (χ0n) is 10.4. The molecule has 1 heterocycles. The summed E-state index contributed by atoms with van der Waals surface area (Å²) in [6, 6.07) is 15.6. The normalized spacial score (nSPS) is 12.6. The van der Waals surface area contributed by atoms with Gasteiger partial charge in [-0.1, -0.05) is 30.3 Å². The minimum Gasteiger partial charge on any atom is -0.313 e. The highest BCUT2D eigenvalue weighted by Gasteiger charge is 2.09. The van der Waals surface area contributed by atoms with Gasteiger partial charge in [0, 0.05) is 15.8 Å². The average Bonchev–Trinajstić information content (AvgIpc) is 2.77. The highest BCUT2D eigenvalue weighted by molar-refractivity contribution is 7.11. The minimum atomic E-state index is 0.457. The Morgan fingerprint density at radius 2 is 1.88 bits per heavy atom. The molecule has 0 fully saturated rings. The highest BCUT2D eigenvalue weighted by atomic mass is 32.1. The summed E-state index contributed by atoms with van der Waals surface area (Å²) in [4.78, 5) is 2.89. The Kier molecular flexibility index (Phi) is 4.35. The lowest BCUT2D eigenvalue weighted by Crippen LogP contribution is -2.16. The summed E-state index contributed by atoms with van der Waals surface area (Å²) in [6.07, 6.45) is 2.30. The van der Waals surface area contributed by atoms with Crippen LogP contribution in [0, 0.1) is 6.92 Å². The molecule has 1 atom stereocenters. The Hall–Kier alpha value is -1.12. The summed E-state index contributed by atoms with van der Waals surface area (Å²) >= 11 is 1.91. The Morgan fingerprint density at radius 1 is 1.12 bits per heavy atom. The molecule has 2 rings (SSSR count). The van der Waals surface area contributed by atoms with Crippen molar-refractivity contribution >= 4 is 11.3 Å². The maximum absolute atomic E-state index is 3.40. The summed E-state index contributed by atoms with van der Waals surface area (Å²) in [6.45, 7) is 2.17. The molecule has 1 nitrogen and oxygen atoms in total. The van der Waals surface area contributed by atoms with Gasteiger partial charge in [-0.3, -0.25) is 0 Å². The molecule has 0 spiro atoms. The number of benzene rings is 1. The quantitative estimate of drug-likeness (QED) is 0.841. The van der Waals surface area contributed by atoms with E-state index in [0.29, 0.717) is 6.04 Å². The molecule has 1 aromatic heterocycles. The Balaban J connectivity index is 1.97. The van der Waals surface area contributed by atoms with E-state index in [2.05, 4.69) is 54.7 Å². The van der Waals surface area contributed by atoms with Gasteiger partial charge >= 0.3 is 0 Å². The molecular formula is C15H19NS. The van der Waals surface area contributed by atoms with Crippen molar-refractivity contribution in [3.63, 3.8) is 0 Å². The molecule has 0 aliphatic rings. The van der Waals surface area contributed by atoms with Gasteiger partial charge in [0.1, 0.15) is 0 Å². The second kappa shape index (κ2) is 5.99. The number of aryl methyl sites for hydroxylation is 2. The molecule has 0 saturated carbocycles. The first kappa shape index (κ1) is 12.3. The van der Waals surface area contributed by atoms with Crippen LogP contribution in [0.2, 0.25) is 0 Å². The van der Waals surface area contributed by atoms with Crippen LogP contribution in [0.3, 0.4) is 0 Å². The lowest BCUT2D eigenvalue weighted by molar-refractivity contribution is 0.551. The molecule has 1 aromatic carbocycles. The lowest BCUT2D eigenvalue weighted by Gasteiger charge is -2.15. The fourth-order valence-corrected chi connectivity index (χ4v) is 2.97. The fraction of sp³-hybridized carbons (Fsp3) is 0.333. The van der Waals surface area contributed by atoms with Crippen LogP contribution >= 0.6 is 11.3 Å². The van der Waals surface area contributed by atoms with Gasteiger partial charge in [0.15, 0.2) is 0 Å². The third-order valence-electron chi connectivity index (χ3n) is 3.03. The third kappa shape index (κ3) is 3.42. The van der Waals surface area contributed by atoms with Gasteiger partial charge in [-0.25, -0.2) is 0 Å². The van der Waals surface area contributed by atoms with E-state index in [1.807, 2.05) is 18.4 Å². The lowest BCUT2D eigenvalue weighted by atomic mass is 10.0. The molecule has 0 bridgehead atoms. The smallest absolute Gasteiger partial charge is 0.0320 e. The molecule has 0 aliphatic carbocycles. The van der Waals surface area contributed by atoms with Crippen molar-refractivity contribution in [2.24, 2.45) is 0 Å². The molecular weight excluding hydrogens is 226 g/mol. The summed E-state index contributed by atoms with van der Waals surface area (Å²) in [7, 11) is 2.04. The van der Waals surface area contributed by atoms with Crippen molar-refractivity contribution in [1.29, 1.82) is 0 Å². The van der Waals surface area contributed by atoms with Gasteiger partial charge in [0.05, 0.1) is 0 Å². The zero-order chi connectivity index (χ0) is 12.1. The largest absolute Gasteiger partial charge is 0.313 e. The van der Waals surface area contributed by atoms with E-state index in [1.54, 1.807) is 0 Å². The predicted molar refractivity (Wildman–Crippen MR) is 75.6 cm³/mol. The van der Waals surface area contributed by atoms with Crippen molar-refractivity contribution in [2.45, 2.75) is 25.8 Å². The first-order valence-corrected chi connectivity index (χ1v) is 6.89. The van der Waals surface area contributed by atoms with Crippen molar-refractivity contribution in [3.05, 3.63) is 57.8 Å². The van der Waals surface area contributed by atoms with Crippen LogP contribution in [0.15, 0.2) is 42.5 Å². The molecule has 1 unspecified atom stereocenters. The van der Waals surface area contributed by atoms with Gasteiger partial charge < -0.3 is 5.32 Å². The molecule has 1 N–H and O–H groups in total. The van der Waals surface area contributed by atoms with Gasteiger partial charge in [-0.2, -0.15) is 0 Å². The second-order valence-corrected chi connectivity index (χ2v) is 5.68. The standard InChI is InChI=1S/C15H19NS/c1-12-8-9-14(17-12)10-11-15(16-2)13-6-4-3-5-7-13/h3-9,15-16H,10-11H2,1-2H3. The van der Waals surface area contributed by atoms with Crippen LogP contribution < -0.4 is 5.32 Å². The van der Waals surface area contributed by atoms with Gasteiger partial charge in [-0.05, 0) is 44.5 Å². The zero-order valence-corrected chi connectivity index (χ0v) is 11.3. The average molecular weight is 245 g/mol. The van der Waals surface area contributed by atoms with E-state index < -0.39 is 0 Å². The van der Waals surface area contributed by atoms with Crippen LogP contribution in [0.5, 0.6) is 0 Å². The summed E-state index contributed by atoms with van der Waals surface area (Å²) < 4.78 is 0. The molecule has 0 radical (unpaired) electrons. The minimum absolute atomic E-state index is 0.457. The molecule has 0 saturated heterocycles. The van der Waals surface area contributed by atoms with E-state index in [1.165, 1.54) is 15.3 Å². The number of thiophene rings is 1. The highest BCUT2D eigenvalue weighted by Crippen LogP contribution is 2.22. The van der Waals surface area contributed by atoms with Crippen LogP contribution in [0.1, 0.15) is 27.8 Å². The summed E-state index contributed by atoms with van der Waals surface area (Å²) in [5.74, 6) is 0. The van der Waals surface area contributed by atoms with Crippen LogP contribution in [-0.4, -0.2) is 7.05 Å². The molecule has 17 heavy (non-hydrogen) atoms. The monoisotopic (exact) mass is 245 g/mol. The second-order valence-electron chi connectivity index (χ2n) is 4.30. The molecule has 2 aromatic rings. The topological polar surface area (TPSA) is 12.0 Å². The van der Waals surface area contributed by atoms with Gasteiger partial charge in [-0.15, -0.1) is 11.3 Å². The van der Waals surface area contributed by atoms with Crippen LogP contribution in [0.25, 0.3) is 0 Å². The maximum atomic E-state index is 3.40. The maximum Gasteiger partial charge on any atom is 0.0320 e. The van der Waals surface area contributed by atoms with Gasteiger partial charge in [0.2, 0.25) is 0 Å². The first-order valence-electron chi connectivity index (χ1n) is 6.07. The van der Waals surface area contributed by atoms with E-state index in [4.69, 9.17) is 0 Å². The van der Waals surface area contributed by atoms with Crippen molar-refractivity contribution < 1.29 is 0 Å². The number of hydrogen-bond donors (Lipinski definition) is 1. The Bertz CT molecular complexity index is 447. The SMILES string of the molecule is CNC(CCc1ccc(C)s1)c1ccccc1. The van der Waals surface area contributed by atoms with Crippen LogP contribution in [0.4, 0.5) is 0 Å². The Morgan fingerprint density at radius 3 is 2.47 bits per heavy atom. The summed E-state index contributed by atoms with van der Waals surface area (Å²) in [5, 5.41) is 3.40. The third-order valence-corrected chi connectivity index (χ3v) is 4.09. The molecule has 2 heteroatoms. The fourth-order valence-electron chi connectivity index (χ4n) is 2.07. The van der Waals surface area contributed by atoms with E-state index in [-0.39, 0.29) is 0 Å². The Labute approximate surface area is 108 Å². The van der Waals surface area contributed by atoms with Crippen molar-refractivity contribution in [1.82, 2.24) is 5.32 Å². The van der Waals surface area contributed by atoms with Crippen molar-refractivity contribution in [3.8, 4) is 0 Å². The first-order chi connectivity index (χ1) is 8.29. The van der Waals surface area contributed by atoms with E-state index in [0.717, 1.165) is 12.8 Å². The van der Waals surface area contributed by atoms with Crippen LogP contribution in [-0.2, 0) is 6.42 Å². The summed E-state index contributed by atoms with van der Waals surface area (Å²) in [5.41, 5.74) is 1.38.